The van der Waals surface area contributed by atoms with Gasteiger partial charge in [0, 0.05) is 13.5 Å². The number of benzene rings is 3. The highest BCUT2D eigenvalue weighted by atomic mass is 19.1. The minimum absolute atomic E-state index is 0.0593. The van der Waals surface area contributed by atoms with Crippen LogP contribution in [-0.4, -0.2) is 74.0 Å². The van der Waals surface area contributed by atoms with Gasteiger partial charge >= 0.3 is 0 Å². The maximum Gasteiger partial charge on any atom is 0.255 e. The molecule has 1 heterocycles. The zero-order chi connectivity index (χ0) is 29.9. The number of para-hydroxylation sites is 1. The van der Waals surface area contributed by atoms with Crippen LogP contribution in [0.4, 0.5) is 4.39 Å². The fraction of sp³-hybridized carbons (Fsp3) is 0.290. The number of amides is 4. The summed E-state index contributed by atoms with van der Waals surface area (Å²) >= 11 is 0. The van der Waals surface area contributed by atoms with E-state index in [0.717, 1.165) is 5.56 Å². The van der Waals surface area contributed by atoms with Crippen molar-refractivity contribution in [2.45, 2.75) is 24.9 Å². The lowest BCUT2D eigenvalue weighted by molar-refractivity contribution is -0.136. The van der Waals surface area contributed by atoms with Gasteiger partial charge in [-0.05, 0) is 42.0 Å². The van der Waals surface area contributed by atoms with Gasteiger partial charge in [-0.2, -0.15) is 0 Å². The van der Waals surface area contributed by atoms with Gasteiger partial charge < -0.3 is 30.3 Å². The van der Waals surface area contributed by atoms with Gasteiger partial charge in [0.1, 0.15) is 42.6 Å². The Morgan fingerprint density at radius 1 is 1.00 bits per heavy atom. The summed E-state index contributed by atoms with van der Waals surface area (Å²) in [7, 11) is 1.62. The van der Waals surface area contributed by atoms with Gasteiger partial charge in [0.05, 0.1) is 25.1 Å². The molecule has 0 unspecified atom stereocenters. The summed E-state index contributed by atoms with van der Waals surface area (Å²) in [5.41, 5.74) is 1.03. The first-order chi connectivity index (χ1) is 20.3. The molecule has 10 nitrogen and oxygen atoms in total. The normalized spacial score (nSPS) is 18.0. The smallest absolute Gasteiger partial charge is 0.255 e. The molecule has 220 valence electrons. The average molecular weight is 577 g/mol. The largest absolute Gasteiger partial charge is 0.492 e. The molecule has 3 N–H and O–H groups in total. The van der Waals surface area contributed by atoms with E-state index in [-0.39, 0.29) is 49.9 Å². The molecule has 0 aliphatic carbocycles. The van der Waals surface area contributed by atoms with Crippen LogP contribution in [0.1, 0.15) is 22.3 Å². The molecule has 3 aromatic rings. The van der Waals surface area contributed by atoms with Crippen LogP contribution in [0.3, 0.4) is 0 Å². The van der Waals surface area contributed by atoms with Crippen LogP contribution in [0.25, 0.3) is 0 Å². The third kappa shape index (κ3) is 8.53. The minimum atomic E-state index is -1.26. The first-order valence-electron chi connectivity index (χ1n) is 13.6. The van der Waals surface area contributed by atoms with Gasteiger partial charge in [-0.25, -0.2) is 4.39 Å². The number of hydrogen-bond donors (Lipinski definition) is 3. The number of carbonyl (C=O) groups excluding carboxylic acids is 4. The Kier molecular flexibility index (Phi) is 10.5. The van der Waals surface area contributed by atoms with Gasteiger partial charge in [0.2, 0.25) is 17.7 Å². The second-order valence-corrected chi connectivity index (χ2v) is 9.74. The average Bonchev–Trinajstić information content (AvgIpc) is 2.99. The van der Waals surface area contributed by atoms with E-state index in [4.69, 9.17) is 9.47 Å². The van der Waals surface area contributed by atoms with Crippen molar-refractivity contribution in [1.29, 1.82) is 0 Å². The van der Waals surface area contributed by atoms with E-state index in [1.54, 1.807) is 31.3 Å². The van der Waals surface area contributed by atoms with Gasteiger partial charge in [-0.15, -0.1) is 0 Å². The number of fused-ring (bicyclic) bond motifs is 1. The Labute approximate surface area is 243 Å². The highest BCUT2D eigenvalue weighted by Gasteiger charge is 2.30. The number of nitrogens with zero attached hydrogens (tertiary/aromatic N) is 1. The van der Waals surface area contributed by atoms with Crippen molar-refractivity contribution in [3.63, 3.8) is 0 Å². The zero-order valence-corrected chi connectivity index (χ0v) is 23.2. The highest BCUT2D eigenvalue weighted by Crippen LogP contribution is 2.19. The summed E-state index contributed by atoms with van der Waals surface area (Å²) in [5.74, 6) is -1.80. The molecule has 0 fully saturated rings. The Bertz CT molecular complexity index is 1390. The van der Waals surface area contributed by atoms with Crippen molar-refractivity contribution in [2.75, 3.05) is 33.4 Å². The number of likely N-dealkylation sites (N-methyl/N-ethyl adjacent to an activating group) is 1. The molecule has 0 saturated carbocycles. The van der Waals surface area contributed by atoms with E-state index in [1.807, 2.05) is 30.3 Å². The van der Waals surface area contributed by atoms with E-state index < -0.39 is 42.0 Å². The maximum atomic E-state index is 13.4. The van der Waals surface area contributed by atoms with Gasteiger partial charge in [0.15, 0.2) is 0 Å². The Morgan fingerprint density at radius 3 is 2.48 bits per heavy atom. The summed E-state index contributed by atoms with van der Waals surface area (Å²) in [6.07, 6.45) is -0.176. The lowest BCUT2D eigenvalue weighted by Gasteiger charge is -2.26. The number of ether oxygens (including phenoxy) is 2. The van der Waals surface area contributed by atoms with Crippen molar-refractivity contribution in [2.24, 2.45) is 0 Å². The van der Waals surface area contributed by atoms with Crippen molar-refractivity contribution >= 4 is 23.6 Å². The molecule has 1 aliphatic heterocycles. The van der Waals surface area contributed by atoms with E-state index in [1.165, 1.54) is 29.2 Å². The van der Waals surface area contributed by atoms with Crippen molar-refractivity contribution in [3.05, 3.63) is 95.8 Å². The van der Waals surface area contributed by atoms with Gasteiger partial charge in [0.25, 0.3) is 5.91 Å². The first kappa shape index (κ1) is 30.0. The summed E-state index contributed by atoms with van der Waals surface area (Å²) in [6, 6.07) is 19.1. The van der Waals surface area contributed by atoms with Crippen LogP contribution >= 0.6 is 0 Å². The van der Waals surface area contributed by atoms with Crippen LogP contribution in [0, 0.1) is 5.82 Å². The molecule has 42 heavy (non-hydrogen) atoms. The molecule has 0 radical (unpaired) electrons. The highest BCUT2D eigenvalue weighted by molar-refractivity contribution is 6.01. The van der Waals surface area contributed by atoms with Crippen LogP contribution in [0.2, 0.25) is 0 Å². The Balaban J connectivity index is 1.51. The van der Waals surface area contributed by atoms with E-state index in [9.17, 15) is 23.6 Å². The molecule has 3 aromatic carbocycles. The van der Waals surface area contributed by atoms with Crippen LogP contribution < -0.4 is 25.4 Å². The fourth-order valence-electron chi connectivity index (χ4n) is 4.38. The molecule has 4 amide bonds. The molecule has 0 spiro atoms. The number of carbonyl (C=O) groups is 4. The molecule has 4 rings (SSSR count). The van der Waals surface area contributed by atoms with Gasteiger partial charge in [-0.3, -0.25) is 19.2 Å². The van der Waals surface area contributed by atoms with E-state index >= 15 is 0 Å². The summed E-state index contributed by atoms with van der Waals surface area (Å²) in [5, 5.41) is 8.05. The van der Waals surface area contributed by atoms with Gasteiger partial charge in [-0.1, -0.05) is 42.5 Å². The fourth-order valence-corrected chi connectivity index (χ4v) is 4.38. The summed E-state index contributed by atoms with van der Waals surface area (Å²) in [4.78, 5) is 54.5. The molecule has 2 atom stereocenters. The number of rotatable bonds is 7. The summed E-state index contributed by atoms with van der Waals surface area (Å²) < 4.78 is 24.5. The molecular formula is C31H33FN4O6. The quantitative estimate of drug-likeness (QED) is 0.370. The lowest BCUT2D eigenvalue weighted by Crippen LogP contribution is -2.53. The minimum Gasteiger partial charge on any atom is -0.492 e. The van der Waals surface area contributed by atoms with Crippen LogP contribution in [-0.2, 0) is 20.8 Å². The monoisotopic (exact) mass is 576 g/mol. The van der Waals surface area contributed by atoms with Crippen LogP contribution in [0.5, 0.6) is 11.5 Å². The van der Waals surface area contributed by atoms with Crippen molar-refractivity contribution in [3.8, 4) is 11.5 Å². The number of hydrogen-bond acceptors (Lipinski definition) is 6. The maximum absolute atomic E-state index is 13.4. The first-order valence-corrected chi connectivity index (χ1v) is 13.6. The molecule has 1 aliphatic rings. The molecule has 0 saturated heterocycles. The molecule has 0 aromatic heterocycles. The lowest BCUT2D eigenvalue weighted by atomic mass is 10.0. The molecular weight excluding hydrogens is 543 g/mol. The van der Waals surface area contributed by atoms with Crippen molar-refractivity contribution < 1.29 is 33.0 Å². The second kappa shape index (κ2) is 14.6. The van der Waals surface area contributed by atoms with E-state index in [2.05, 4.69) is 16.0 Å². The predicted octanol–water partition coefficient (Wildman–Crippen LogP) is 2.09. The van der Waals surface area contributed by atoms with Crippen LogP contribution in [0.15, 0.2) is 78.9 Å². The topological polar surface area (TPSA) is 126 Å². The van der Waals surface area contributed by atoms with E-state index in [0.29, 0.717) is 5.75 Å². The third-order valence-electron chi connectivity index (χ3n) is 6.60. The molecule has 11 heteroatoms. The Hall–Kier alpha value is -4.93. The SMILES string of the molecule is CN1CCOc2ccccc2C(=O)N[C@H](C(=O)NCCOc2ccc(F)cc2)CC(=O)N[C@@H](Cc2ccccc2)C1=O. The predicted molar refractivity (Wildman–Crippen MR) is 152 cm³/mol. The summed E-state index contributed by atoms with van der Waals surface area (Å²) in [6.45, 7) is 0.460. The number of halogens is 1. The Morgan fingerprint density at radius 2 is 1.71 bits per heavy atom. The molecule has 0 bridgehead atoms. The standard InChI is InChI=1S/C31H33FN4O6/c1-36-16-18-42-27-10-6-5-9-24(27)29(38)35-25(30(39)33-15-17-41-23-13-11-22(32)12-14-23)20-28(37)34-26(31(36)40)19-21-7-3-2-4-8-21/h2-14,25-26H,15-20H2,1H3,(H,33,39)(H,34,37)(H,35,38)/t25-,26-/m0/s1. The number of nitrogens with one attached hydrogen (secondary N) is 3. The van der Waals surface area contributed by atoms with Crippen molar-refractivity contribution in [1.82, 2.24) is 20.9 Å². The third-order valence-corrected chi connectivity index (χ3v) is 6.60. The second-order valence-electron chi connectivity index (χ2n) is 9.74. The zero-order valence-electron chi connectivity index (χ0n) is 23.2.